The number of Topliss-reactive ketones (excluding diaryl/α,β-unsaturated/α-hetero) is 1. The summed E-state index contributed by atoms with van der Waals surface area (Å²) in [5.41, 5.74) is 1.10. The molecule has 1 heterocycles. The zero-order chi connectivity index (χ0) is 16.9. The van der Waals surface area contributed by atoms with Crippen molar-refractivity contribution in [3.8, 4) is 11.3 Å². The summed E-state index contributed by atoms with van der Waals surface area (Å²) < 4.78 is 23.3. The zero-order valence-electron chi connectivity index (χ0n) is 12.6. The molecule has 0 radical (unpaired) electrons. The quantitative estimate of drug-likeness (QED) is 0.523. The third-order valence-corrected chi connectivity index (χ3v) is 3.37. The van der Waals surface area contributed by atoms with Crippen LogP contribution in [-0.4, -0.2) is 18.4 Å². The summed E-state index contributed by atoms with van der Waals surface area (Å²) in [6, 6.07) is 17.3. The van der Waals surface area contributed by atoms with Gasteiger partial charge in [-0.3, -0.25) is 4.79 Å². The molecule has 2 aromatic carbocycles. The van der Waals surface area contributed by atoms with Crippen LogP contribution in [-0.2, 0) is 4.74 Å². The van der Waals surface area contributed by atoms with E-state index in [4.69, 9.17) is 9.15 Å². The summed E-state index contributed by atoms with van der Waals surface area (Å²) in [6.07, 6.45) is 0. The number of halogens is 1. The van der Waals surface area contributed by atoms with Crippen LogP contribution < -0.4 is 0 Å². The van der Waals surface area contributed by atoms with Gasteiger partial charge in [0.1, 0.15) is 11.6 Å². The Balaban J connectivity index is 1.64. The molecular formula is C19H13FO4. The molecule has 0 aliphatic heterocycles. The SMILES string of the molecule is O=C(COC(=O)c1ccc(-c2ccc(F)cc2)o1)c1ccccc1. The third kappa shape index (κ3) is 3.57. The van der Waals surface area contributed by atoms with E-state index in [1.165, 1.54) is 18.2 Å². The Morgan fingerprint density at radius 1 is 0.917 bits per heavy atom. The van der Waals surface area contributed by atoms with Crippen molar-refractivity contribution in [1.29, 1.82) is 0 Å². The molecule has 0 aliphatic rings. The first kappa shape index (κ1) is 15.7. The Hall–Kier alpha value is -3.21. The third-order valence-electron chi connectivity index (χ3n) is 3.37. The van der Waals surface area contributed by atoms with E-state index in [1.54, 1.807) is 48.5 Å². The lowest BCUT2D eigenvalue weighted by Crippen LogP contribution is -2.13. The summed E-state index contributed by atoms with van der Waals surface area (Å²) in [7, 11) is 0. The van der Waals surface area contributed by atoms with Gasteiger partial charge < -0.3 is 9.15 Å². The highest BCUT2D eigenvalue weighted by Gasteiger charge is 2.16. The average Bonchev–Trinajstić information content (AvgIpc) is 3.11. The van der Waals surface area contributed by atoms with Crippen LogP contribution in [0.25, 0.3) is 11.3 Å². The molecule has 0 bridgehead atoms. The Morgan fingerprint density at radius 2 is 1.62 bits per heavy atom. The Kier molecular flexibility index (Phi) is 4.52. The van der Waals surface area contributed by atoms with E-state index in [0.29, 0.717) is 16.9 Å². The first-order valence-corrected chi connectivity index (χ1v) is 7.24. The number of benzene rings is 2. The van der Waals surface area contributed by atoms with E-state index in [2.05, 4.69) is 0 Å². The first-order valence-electron chi connectivity index (χ1n) is 7.24. The van der Waals surface area contributed by atoms with Crippen molar-refractivity contribution in [3.63, 3.8) is 0 Å². The maximum absolute atomic E-state index is 12.9. The van der Waals surface area contributed by atoms with Crippen molar-refractivity contribution in [3.05, 3.63) is 83.9 Å². The number of ketones is 1. The average molecular weight is 324 g/mol. The van der Waals surface area contributed by atoms with Gasteiger partial charge in [-0.2, -0.15) is 0 Å². The number of rotatable bonds is 5. The molecule has 5 heteroatoms. The highest BCUT2D eigenvalue weighted by Crippen LogP contribution is 2.22. The van der Waals surface area contributed by atoms with Gasteiger partial charge >= 0.3 is 5.97 Å². The number of carbonyl (C=O) groups is 2. The molecule has 3 aromatic rings. The van der Waals surface area contributed by atoms with E-state index < -0.39 is 5.97 Å². The van der Waals surface area contributed by atoms with E-state index >= 15 is 0 Å². The van der Waals surface area contributed by atoms with Crippen molar-refractivity contribution < 1.29 is 23.1 Å². The number of ether oxygens (including phenoxy) is 1. The lowest BCUT2D eigenvalue weighted by atomic mass is 10.1. The highest BCUT2D eigenvalue weighted by atomic mass is 19.1. The Labute approximate surface area is 137 Å². The maximum atomic E-state index is 12.9. The van der Waals surface area contributed by atoms with Crippen LogP contribution in [0.5, 0.6) is 0 Å². The second-order valence-electron chi connectivity index (χ2n) is 5.04. The highest BCUT2D eigenvalue weighted by molar-refractivity contribution is 5.98. The molecule has 3 rings (SSSR count). The second-order valence-corrected chi connectivity index (χ2v) is 5.04. The number of esters is 1. The molecule has 0 fully saturated rings. The molecule has 0 spiro atoms. The topological polar surface area (TPSA) is 56.5 Å². The van der Waals surface area contributed by atoms with Crippen LogP contribution in [0.2, 0.25) is 0 Å². The summed E-state index contributed by atoms with van der Waals surface area (Å²) in [4.78, 5) is 23.8. The largest absolute Gasteiger partial charge is 0.451 e. The van der Waals surface area contributed by atoms with Crippen molar-refractivity contribution >= 4 is 11.8 Å². The first-order chi connectivity index (χ1) is 11.6. The van der Waals surface area contributed by atoms with Crippen LogP contribution in [0.1, 0.15) is 20.9 Å². The van der Waals surface area contributed by atoms with Gasteiger partial charge in [-0.1, -0.05) is 30.3 Å². The molecule has 0 unspecified atom stereocenters. The minimum atomic E-state index is -0.729. The van der Waals surface area contributed by atoms with Gasteiger partial charge in [0.05, 0.1) is 0 Å². The molecule has 1 aromatic heterocycles. The van der Waals surface area contributed by atoms with Crippen molar-refractivity contribution in [2.75, 3.05) is 6.61 Å². The van der Waals surface area contributed by atoms with Gasteiger partial charge in [0.2, 0.25) is 5.76 Å². The predicted molar refractivity (Wildman–Crippen MR) is 85.2 cm³/mol. The molecule has 120 valence electrons. The van der Waals surface area contributed by atoms with Crippen LogP contribution >= 0.6 is 0 Å². The molecule has 0 amide bonds. The molecule has 0 aliphatic carbocycles. The zero-order valence-corrected chi connectivity index (χ0v) is 12.6. The molecule has 0 saturated heterocycles. The standard InChI is InChI=1S/C19H13FO4/c20-15-8-6-14(7-9-15)17-10-11-18(24-17)19(22)23-12-16(21)13-4-2-1-3-5-13/h1-11H,12H2. The van der Waals surface area contributed by atoms with Crippen LogP contribution in [0.3, 0.4) is 0 Å². The van der Waals surface area contributed by atoms with E-state index in [0.717, 1.165) is 0 Å². The Bertz CT molecular complexity index is 851. The van der Waals surface area contributed by atoms with Crippen molar-refractivity contribution in [2.45, 2.75) is 0 Å². The van der Waals surface area contributed by atoms with Crippen molar-refractivity contribution in [2.24, 2.45) is 0 Å². The maximum Gasteiger partial charge on any atom is 0.374 e. The molecule has 4 nitrogen and oxygen atoms in total. The normalized spacial score (nSPS) is 10.4. The molecule has 24 heavy (non-hydrogen) atoms. The van der Waals surface area contributed by atoms with Crippen LogP contribution in [0.15, 0.2) is 71.1 Å². The van der Waals surface area contributed by atoms with Gasteiger partial charge in [0, 0.05) is 11.1 Å². The Morgan fingerprint density at radius 3 is 2.33 bits per heavy atom. The van der Waals surface area contributed by atoms with Crippen LogP contribution in [0, 0.1) is 5.82 Å². The summed E-state index contributed by atoms with van der Waals surface area (Å²) in [5.74, 6) is -0.988. The fraction of sp³-hybridized carbons (Fsp3) is 0.0526. The minimum absolute atomic E-state index is 0.0183. The lowest BCUT2D eigenvalue weighted by Gasteiger charge is -2.02. The second kappa shape index (κ2) is 6.91. The fourth-order valence-corrected chi connectivity index (χ4v) is 2.13. The van der Waals surface area contributed by atoms with Crippen LogP contribution in [0.4, 0.5) is 4.39 Å². The van der Waals surface area contributed by atoms with Gasteiger partial charge in [-0.05, 0) is 36.4 Å². The van der Waals surface area contributed by atoms with Gasteiger partial charge in [-0.15, -0.1) is 0 Å². The molecule has 0 atom stereocenters. The monoisotopic (exact) mass is 324 g/mol. The van der Waals surface area contributed by atoms with Crippen molar-refractivity contribution in [1.82, 2.24) is 0 Å². The number of hydrogen-bond donors (Lipinski definition) is 0. The van der Waals surface area contributed by atoms with E-state index in [-0.39, 0.29) is 24.0 Å². The summed E-state index contributed by atoms with van der Waals surface area (Å²) in [6.45, 7) is -0.366. The molecule has 0 saturated carbocycles. The molecule has 0 N–H and O–H groups in total. The van der Waals surface area contributed by atoms with Gasteiger partial charge in [0.15, 0.2) is 12.4 Å². The number of carbonyl (C=O) groups excluding carboxylic acids is 2. The summed E-state index contributed by atoms with van der Waals surface area (Å²) >= 11 is 0. The van der Waals surface area contributed by atoms with Gasteiger partial charge in [0.25, 0.3) is 0 Å². The summed E-state index contributed by atoms with van der Waals surface area (Å²) in [5, 5.41) is 0. The predicted octanol–water partition coefficient (Wildman–Crippen LogP) is 4.13. The number of hydrogen-bond acceptors (Lipinski definition) is 4. The van der Waals surface area contributed by atoms with Gasteiger partial charge in [-0.25, -0.2) is 9.18 Å². The molecular weight excluding hydrogens is 311 g/mol. The fourth-order valence-electron chi connectivity index (χ4n) is 2.13. The smallest absolute Gasteiger partial charge is 0.374 e. The van der Waals surface area contributed by atoms with E-state index in [9.17, 15) is 14.0 Å². The lowest BCUT2D eigenvalue weighted by molar-refractivity contribution is 0.0445. The minimum Gasteiger partial charge on any atom is -0.451 e. The number of furan rings is 1. The van der Waals surface area contributed by atoms with E-state index in [1.807, 2.05) is 0 Å².